The molecular weight excluding hydrogens is 809 g/mol. The van der Waals surface area contributed by atoms with E-state index >= 15 is 0 Å². The number of amides is 2. The molecule has 0 aliphatic carbocycles. The van der Waals surface area contributed by atoms with Crippen molar-refractivity contribution in [2.45, 2.75) is 45.1 Å². The number of alkyl carbamates (subject to hydrolysis) is 1. The van der Waals surface area contributed by atoms with Crippen LogP contribution in [-0.2, 0) is 42.7 Å². The highest BCUT2D eigenvalue weighted by Gasteiger charge is 2.18. The summed E-state index contributed by atoms with van der Waals surface area (Å²) in [6.45, 7) is 13.0. The predicted molar refractivity (Wildman–Crippen MR) is 247 cm³/mol. The van der Waals surface area contributed by atoms with E-state index in [1.165, 1.54) is 16.7 Å². The molecule has 2 N–H and O–H groups in total. The Morgan fingerprint density at radius 3 is 1.21 bits per heavy atom. The van der Waals surface area contributed by atoms with Gasteiger partial charge in [-0.05, 0) is 80.3 Å². The molecule has 0 aliphatic rings. The Labute approximate surface area is 375 Å². The van der Waals surface area contributed by atoms with Crippen molar-refractivity contribution in [3.05, 3.63) is 89.5 Å². The molecule has 63 heavy (non-hydrogen) atoms. The molecule has 0 fully saturated rings. The lowest BCUT2D eigenvalue weighted by Crippen LogP contribution is -2.34. The smallest absolute Gasteiger partial charge is 0.407 e. The number of anilines is 2. The molecule has 2 amide bonds. The van der Waals surface area contributed by atoms with Gasteiger partial charge in [-0.15, -0.1) is 0 Å². The van der Waals surface area contributed by atoms with Gasteiger partial charge in [-0.2, -0.15) is 0 Å². The van der Waals surface area contributed by atoms with Crippen molar-refractivity contribution in [2.24, 2.45) is 0 Å². The van der Waals surface area contributed by atoms with Crippen LogP contribution in [-0.4, -0.2) is 158 Å². The maximum absolute atomic E-state index is 12.3. The fourth-order valence-corrected chi connectivity index (χ4v) is 6.00. The van der Waals surface area contributed by atoms with Gasteiger partial charge in [-0.1, -0.05) is 36.4 Å². The number of nitrogens with one attached hydrogen (secondary N) is 2. The quantitative estimate of drug-likeness (QED) is 0.0542. The minimum absolute atomic E-state index is 0.0291. The van der Waals surface area contributed by atoms with Crippen LogP contribution in [0.1, 0.15) is 56.2 Å². The molecule has 0 atom stereocenters. The molecule has 0 aliphatic heterocycles. The summed E-state index contributed by atoms with van der Waals surface area (Å²) in [5, 5.41) is 5.53. The molecule has 0 unspecified atom stereocenters. The SMILES string of the molecule is CN(C)c1ccc(C(c2ccc(OCCCC(=O)NCCOCCOCCOCCOCCOCCOCCOCCNC(=O)OC(C)(C)C)cc2)c2ccc(N(C)C)cc2)cc1. The van der Waals surface area contributed by atoms with E-state index < -0.39 is 11.7 Å². The zero-order chi connectivity index (χ0) is 45.5. The zero-order valence-corrected chi connectivity index (χ0v) is 38.8. The van der Waals surface area contributed by atoms with Crippen LogP contribution >= 0.6 is 0 Å². The molecule has 3 rings (SSSR count). The van der Waals surface area contributed by atoms with E-state index in [9.17, 15) is 9.59 Å². The van der Waals surface area contributed by atoms with E-state index in [1.807, 2.05) is 61.1 Å². The minimum atomic E-state index is -0.520. The molecule has 3 aromatic carbocycles. The maximum atomic E-state index is 12.3. The van der Waals surface area contributed by atoms with E-state index in [2.05, 4.69) is 81.1 Å². The summed E-state index contributed by atoms with van der Waals surface area (Å²) in [4.78, 5) is 28.1. The van der Waals surface area contributed by atoms with Crippen LogP contribution in [0.3, 0.4) is 0 Å². The second kappa shape index (κ2) is 31.4. The average molecular weight is 883 g/mol. The van der Waals surface area contributed by atoms with E-state index in [0.717, 1.165) is 17.1 Å². The van der Waals surface area contributed by atoms with Crippen molar-refractivity contribution >= 4 is 23.4 Å². The van der Waals surface area contributed by atoms with Crippen molar-refractivity contribution in [1.29, 1.82) is 0 Å². The number of ether oxygens (including phenoxy) is 9. The van der Waals surface area contributed by atoms with Crippen LogP contribution < -0.4 is 25.2 Å². The zero-order valence-electron chi connectivity index (χ0n) is 38.8. The van der Waals surface area contributed by atoms with Crippen LogP contribution in [0.25, 0.3) is 0 Å². The Hall–Kier alpha value is -4.48. The highest BCUT2D eigenvalue weighted by atomic mass is 16.6. The summed E-state index contributed by atoms with van der Waals surface area (Å²) in [5.41, 5.74) is 5.43. The van der Waals surface area contributed by atoms with Gasteiger partial charge in [0.1, 0.15) is 11.4 Å². The molecule has 0 heterocycles. The van der Waals surface area contributed by atoms with Crippen LogP contribution in [0.5, 0.6) is 5.75 Å². The van der Waals surface area contributed by atoms with Crippen molar-refractivity contribution < 1.29 is 52.2 Å². The van der Waals surface area contributed by atoms with Gasteiger partial charge in [0.15, 0.2) is 0 Å². The Morgan fingerprint density at radius 1 is 0.492 bits per heavy atom. The first kappa shape index (κ1) is 52.9. The van der Waals surface area contributed by atoms with Crippen molar-refractivity contribution in [3.63, 3.8) is 0 Å². The predicted octanol–water partition coefficient (Wildman–Crippen LogP) is 5.91. The fraction of sp³-hybridized carbons (Fsp3) is 0.583. The molecule has 15 nitrogen and oxygen atoms in total. The lowest BCUT2D eigenvalue weighted by atomic mass is 9.85. The monoisotopic (exact) mass is 883 g/mol. The summed E-state index contributed by atoms with van der Waals surface area (Å²) in [6, 6.07) is 25.7. The molecule has 0 radical (unpaired) electrons. The van der Waals surface area contributed by atoms with E-state index in [-0.39, 0.29) is 11.8 Å². The molecule has 15 heteroatoms. The average Bonchev–Trinajstić information content (AvgIpc) is 3.25. The molecule has 0 saturated carbocycles. The van der Waals surface area contributed by atoms with Crippen LogP contribution in [0.4, 0.5) is 16.2 Å². The topological polar surface area (TPSA) is 148 Å². The molecule has 0 bridgehead atoms. The highest BCUT2D eigenvalue weighted by Crippen LogP contribution is 2.34. The van der Waals surface area contributed by atoms with Crippen LogP contribution in [0.15, 0.2) is 72.8 Å². The Bertz CT molecular complexity index is 1580. The van der Waals surface area contributed by atoms with Crippen LogP contribution in [0, 0.1) is 0 Å². The van der Waals surface area contributed by atoms with Crippen LogP contribution in [0.2, 0.25) is 0 Å². The number of carbonyl (C=O) groups is 2. The van der Waals surface area contributed by atoms with Crippen molar-refractivity contribution in [3.8, 4) is 5.75 Å². The molecule has 352 valence electrons. The van der Waals surface area contributed by atoms with Gasteiger partial charge in [-0.3, -0.25) is 4.79 Å². The number of hydrogen-bond donors (Lipinski definition) is 2. The summed E-state index contributed by atoms with van der Waals surface area (Å²) < 4.78 is 49.6. The third-order valence-electron chi connectivity index (χ3n) is 9.23. The number of benzene rings is 3. The lowest BCUT2D eigenvalue weighted by Gasteiger charge is -2.22. The molecular formula is C48H74N4O11. The second-order valence-corrected chi connectivity index (χ2v) is 16.0. The third-order valence-corrected chi connectivity index (χ3v) is 9.23. The van der Waals surface area contributed by atoms with Gasteiger partial charge in [-0.25, -0.2) is 4.79 Å². The van der Waals surface area contributed by atoms with Crippen molar-refractivity contribution in [1.82, 2.24) is 10.6 Å². The first-order valence-corrected chi connectivity index (χ1v) is 22.0. The van der Waals surface area contributed by atoms with Gasteiger partial charge >= 0.3 is 6.09 Å². The molecule has 0 saturated heterocycles. The second-order valence-electron chi connectivity index (χ2n) is 16.0. The Kier molecular flexibility index (Phi) is 26.3. The fourth-order valence-electron chi connectivity index (χ4n) is 6.00. The molecule has 3 aromatic rings. The Morgan fingerprint density at radius 2 is 0.841 bits per heavy atom. The van der Waals surface area contributed by atoms with Gasteiger partial charge in [0.2, 0.25) is 5.91 Å². The normalized spacial score (nSPS) is 11.4. The van der Waals surface area contributed by atoms with Gasteiger partial charge in [0.05, 0.1) is 99.1 Å². The largest absolute Gasteiger partial charge is 0.494 e. The standard InChI is InChI=1S/C48H74N4O11/c1-48(2,3)63-47(54)50-23-26-56-28-30-58-32-34-60-36-38-61-37-35-59-33-31-57-29-27-55-25-22-49-45(53)9-8-24-62-44-20-14-41(15-21-44)46(39-10-16-42(17-11-39)51(4)5)40-12-18-43(19-13-40)52(6)7/h10-21,46H,8-9,22-38H2,1-7H3,(H,49,53)(H,50,54). The Balaban J connectivity index is 1.10. The van der Waals surface area contributed by atoms with Gasteiger partial charge in [0.25, 0.3) is 0 Å². The first-order chi connectivity index (χ1) is 30.4. The molecule has 0 spiro atoms. The summed E-state index contributed by atoms with van der Waals surface area (Å²) >= 11 is 0. The number of carbonyl (C=O) groups excluding carboxylic acids is 2. The number of nitrogens with zero attached hydrogens (tertiary/aromatic N) is 2. The summed E-state index contributed by atoms with van der Waals surface area (Å²) in [5.74, 6) is 0.828. The van der Waals surface area contributed by atoms with Crippen molar-refractivity contribution in [2.75, 3.05) is 150 Å². The lowest BCUT2D eigenvalue weighted by molar-refractivity contribution is -0.121. The molecule has 0 aromatic heterocycles. The van der Waals surface area contributed by atoms with E-state index in [1.54, 1.807) is 0 Å². The highest BCUT2D eigenvalue weighted by molar-refractivity contribution is 5.75. The number of rotatable bonds is 34. The summed E-state index contributed by atoms with van der Waals surface area (Å²) in [7, 11) is 8.20. The maximum Gasteiger partial charge on any atom is 0.407 e. The van der Waals surface area contributed by atoms with Gasteiger partial charge in [0, 0.05) is 65.0 Å². The third kappa shape index (κ3) is 24.2. The number of hydrogen-bond acceptors (Lipinski definition) is 13. The van der Waals surface area contributed by atoms with Gasteiger partial charge < -0.3 is 63.1 Å². The summed E-state index contributed by atoms with van der Waals surface area (Å²) in [6.07, 6.45) is 0.530. The van der Waals surface area contributed by atoms with E-state index in [0.29, 0.717) is 125 Å². The minimum Gasteiger partial charge on any atom is -0.494 e. The first-order valence-electron chi connectivity index (χ1n) is 22.0. The van der Waals surface area contributed by atoms with E-state index in [4.69, 9.17) is 42.6 Å².